The van der Waals surface area contributed by atoms with Crippen LogP contribution in [-0.4, -0.2) is 40.9 Å². The molecule has 0 atom stereocenters. The van der Waals surface area contributed by atoms with E-state index in [0.717, 1.165) is 37.9 Å². The van der Waals surface area contributed by atoms with E-state index in [1.165, 1.54) is 16.8 Å². The summed E-state index contributed by atoms with van der Waals surface area (Å²) in [7, 11) is 1.61. The minimum atomic E-state index is -0.561. The number of anilines is 1. The zero-order valence-electron chi connectivity index (χ0n) is 12.9. The largest absolute Gasteiger partial charge is 0.368 e. The second-order valence-electron chi connectivity index (χ2n) is 5.67. The predicted octanol–water partition coefficient (Wildman–Crippen LogP) is 1.38. The predicted molar refractivity (Wildman–Crippen MR) is 83.3 cm³/mol. The van der Waals surface area contributed by atoms with Gasteiger partial charge in [0.1, 0.15) is 11.6 Å². The third-order valence-electron chi connectivity index (χ3n) is 4.10. The zero-order valence-corrected chi connectivity index (χ0v) is 12.9. The molecule has 0 saturated carbocycles. The summed E-state index contributed by atoms with van der Waals surface area (Å²) in [4.78, 5) is 15.8. The number of rotatable bonds is 3. The average Bonchev–Trinajstić information content (AvgIpc) is 2.53. The Morgan fingerprint density at radius 1 is 1.13 bits per heavy atom. The fourth-order valence-electron chi connectivity index (χ4n) is 2.69. The molecule has 0 radical (unpaired) electrons. The molecule has 0 N–H and O–H groups in total. The van der Waals surface area contributed by atoms with Gasteiger partial charge in [-0.2, -0.15) is 5.10 Å². The molecule has 7 heteroatoms. The van der Waals surface area contributed by atoms with Crippen LogP contribution in [0, 0.1) is 11.6 Å². The molecule has 2 heterocycles. The Bertz CT molecular complexity index is 754. The molecule has 0 aliphatic carbocycles. The lowest BCUT2D eigenvalue weighted by Gasteiger charge is -2.35. The summed E-state index contributed by atoms with van der Waals surface area (Å²) in [6.45, 7) is 3.40. The highest BCUT2D eigenvalue weighted by Crippen LogP contribution is 2.16. The first-order valence-corrected chi connectivity index (χ1v) is 7.47. The molecular formula is C16H18F2N4O. The number of benzene rings is 1. The molecule has 2 aromatic rings. The van der Waals surface area contributed by atoms with Crippen molar-refractivity contribution in [1.29, 1.82) is 0 Å². The van der Waals surface area contributed by atoms with Gasteiger partial charge in [0.15, 0.2) is 0 Å². The van der Waals surface area contributed by atoms with Crippen molar-refractivity contribution >= 4 is 5.69 Å². The lowest BCUT2D eigenvalue weighted by Crippen LogP contribution is -2.46. The van der Waals surface area contributed by atoms with Crippen LogP contribution in [0.2, 0.25) is 0 Å². The van der Waals surface area contributed by atoms with Gasteiger partial charge in [0.2, 0.25) is 0 Å². The fraction of sp³-hybridized carbons (Fsp3) is 0.375. The summed E-state index contributed by atoms with van der Waals surface area (Å²) in [5.41, 5.74) is 1.16. The third kappa shape index (κ3) is 3.56. The van der Waals surface area contributed by atoms with E-state index in [0.29, 0.717) is 12.1 Å². The molecule has 23 heavy (non-hydrogen) atoms. The van der Waals surface area contributed by atoms with Crippen LogP contribution in [0.15, 0.2) is 35.3 Å². The van der Waals surface area contributed by atoms with Gasteiger partial charge in [0, 0.05) is 57.5 Å². The molecule has 3 rings (SSSR count). The maximum absolute atomic E-state index is 13.7. The van der Waals surface area contributed by atoms with Gasteiger partial charge in [-0.25, -0.2) is 13.5 Å². The number of hydrogen-bond donors (Lipinski definition) is 0. The number of hydrogen-bond acceptors (Lipinski definition) is 4. The molecule has 0 spiro atoms. The van der Waals surface area contributed by atoms with Crippen molar-refractivity contribution in [3.05, 3.63) is 58.0 Å². The van der Waals surface area contributed by atoms with Crippen LogP contribution in [0.4, 0.5) is 14.5 Å². The molecule has 0 amide bonds. The Hall–Kier alpha value is -2.28. The molecule has 0 unspecified atom stereocenters. The van der Waals surface area contributed by atoms with Gasteiger partial charge in [0.25, 0.3) is 5.56 Å². The molecule has 1 saturated heterocycles. The van der Waals surface area contributed by atoms with Gasteiger partial charge in [-0.3, -0.25) is 9.69 Å². The summed E-state index contributed by atoms with van der Waals surface area (Å²) >= 11 is 0. The van der Waals surface area contributed by atoms with Gasteiger partial charge in [0.05, 0.1) is 11.9 Å². The van der Waals surface area contributed by atoms with Crippen LogP contribution in [0.3, 0.4) is 0 Å². The van der Waals surface area contributed by atoms with Crippen molar-refractivity contribution in [2.24, 2.45) is 7.05 Å². The first kappa shape index (κ1) is 15.6. The SMILES string of the molecule is Cn1ncc(N2CCN(Cc3ccc(F)cc3F)CC2)cc1=O. The molecule has 122 valence electrons. The molecule has 5 nitrogen and oxygen atoms in total. The summed E-state index contributed by atoms with van der Waals surface area (Å²) in [5, 5.41) is 4.02. The zero-order chi connectivity index (χ0) is 16.4. The Kier molecular flexibility index (Phi) is 4.38. The summed E-state index contributed by atoms with van der Waals surface area (Å²) in [5.74, 6) is -1.07. The van der Waals surface area contributed by atoms with Crippen molar-refractivity contribution in [1.82, 2.24) is 14.7 Å². The number of halogens is 2. The molecule has 1 aromatic carbocycles. The van der Waals surface area contributed by atoms with Gasteiger partial charge in [-0.05, 0) is 6.07 Å². The lowest BCUT2D eigenvalue weighted by atomic mass is 10.1. The van der Waals surface area contributed by atoms with E-state index in [9.17, 15) is 13.6 Å². The van der Waals surface area contributed by atoms with Crippen molar-refractivity contribution in [3.63, 3.8) is 0 Å². The smallest absolute Gasteiger partial charge is 0.268 e. The molecule has 1 aliphatic heterocycles. The highest BCUT2D eigenvalue weighted by molar-refractivity contribution is 5.43. The lowest BCUT2D eigenvalue weighted by molar-refractivity contribution is 0.246. The molecular weight excluding hydrogens is 302 g/mol. The highest BCUT2D eigenvalue weighted by Gasteiger charge is 2.19. The van der Waals surface area contributed by atoms with E-state index in [-0.39, 0.29) is 5.56 Å². The van der Waals surface area contributed by atoms with E-state index in [4.69, 9.17) is 0 Å². The molecule has 1 aromatic heterocycles. The number of piperazine rings is 1. The quantitative estimate of drug-likeness (QED) is 0.857. The van der Waals surface area contributed by atoms with Gasteiger partial charge < -0.3 is 4.90 Å². The van der Waals surface area contributed by atoms with Crippen LogP contribution in [0.25, 0.3) is 0 Å². The van der Waals surface area contributed by atoms with E-state index < -0.39 is 11.6 Å². The number of nitrogens with zero attached hydrogens (tertiary/aromatic N) is 4. The van der Waals surface area contributed by atoms with Crippen LogP contribution >= 0.6 is 0 Å². The van der Waals surface area contributed by atoms with Crippen LogP contribution in [0.5, 0.6) is 0 Å². The summed E-state index contributed by atoms with van der Waals surface area (Å²) in [6.07, 6.45) is 1.68. The maximum Gasteiger partial charge on any atom is 0.268 e. The summed E-state index contributed by atoms with van der Waals surface area (Å²) in [6, 6.07) is 5.25. The highest BCUT2D eigenvalue weighted by atomic mass is 19.1. The van der Waals surface area contributed by atoms with Gasteiger partial charge >= 0.3 is 0 Å². The van der Waals surface area contributed by atoms with Crippen LogP contribution in [0.1, 0.15) is 5.56 Å². The van der Waals surface area contributed by atoms with E-state index in [2.05, 4.69) is 14.9 Å². The fourth-order valence-corrected chi connectivity index (χ4v) is 2.69. The number of aromatic nitrogens is 2. The standard InChI is InChI=1S/C16H18F2N4O/c1-20-16(23)9-14(10-19-20)22-6-4-21(5-7-22)11-12-2-3-13(17)8-15(12)18/h2-3,8-10H,4-7,11H2,1H3. The second kappa shape index (κ2) is 6.45. The Balaban J connectivity index is 1.62. The first-order chi connectivity index (χ1) is 11.0. The monoisotopic (exact) mass is 320 g/mol. The Morgan fingerprint density at radius 2 is 1.87 bits per heavy atom. The minimum Gasteiger partial charge on any atom is -0.368 e. The normalized spacial score (nSPS) is 15.9. The van der Waals surface area contributed by atoms with Crippen molar-refractivity contribution in [2.45, 2.75) is 6.54 Å². The Labute approximate surface area is 132 Å². The average molecular weight is 320 g/mol. The van der Waals surface area contributed by atoms with E-state index >= 15 is 0 Å². The Morgan fingerprint density at radius 3 is 2.52 bits per heavy atom. The topological polar surface area (TPSA) is 41.4 Å². The first-order valence-electron chi connectivity index (χ1n) is 7.47. The molecule has 1 aliphatic rings. The van der Waals surface area contributed by atoms with E-state index in [1.54, 1.807) is 19.3 Å². The van der Waals surface area contributed by atoms with Gasteiger partial charge in [-0.15, -0.1) is 0 Å². The summed E-state index contributed by atoms with van der Waals surface area (Å²) < 4.78 is 27.9. The second-order valence-corrected chi connectivity index (χ2v) is 5.67. The molecule has 0 bridgehead atoms. The maximum atomic E-state index is 13.7. The van der Waals surface area contributed by atoms with Gasteiger partial charge in [-0.1, -0.05) is 6.07 Å². The minimum absolute atomic E-state index is 0.140. The van der Waals surface area contributed by atoms with Crippen molar-refractivity contribution < 1.29 is 8.78 Å². The van der Waals surface area contributed by atoms with Crippen molar-refractivity contribution in [2.75, 3.05) is 31.1 Å². The third-order valence-corrected chi connectivity index (χ3v) is 4.10. The van der Waals surface area contributed by atoms with Crippen LogP contribution < -0.4 is 10.5 Å². The van der Waals surface area contributed by atoms with E-state index in [1.807, 2.05) is 0 Å². The van der Waals surface area contributed by atoms with Crippen molar-refractivity contribution in [3.8, 4) is 0 Å². The molecule has 1 fully saturated rings. The van der Waals surface area contributed by atoms with Crippen LogP contribution in [-0.2, 0) is 13.6 Å². The number of aryl methyl sites for hydroxylation is 1.